The van der Waals surface area contributed by atoms with Crippen molar-refractivity contribution in [3.05, 3.63) is 29.3 Å². The molecule has 1 aliphatic heterocycles. The van der Waals surface area contributed by atoms with E-state index in [2.05, 4.69) is 20.5 Å². The van der Waals surface area contributed by atoms with E-state index in [1.54, 1.807) is 25.6 Å². The summed E-state index contributed by atoms with van der Waals surface area (Å²) in [6.45, 7) is 5.09. The number of nitrogens with one attached hydrogen (secondary N) is 1. The molecule has 1 aliphatic carbocycles. The lowest BCUT2D eigenvalue weighted by atomic mass is 10.2. The molecule has 2 aliphatic rings. The number of ether oxygens (including phenoxy) is 2. The largest absolute Gasteiger partial charge is 0.497 e. The maximum Gasteiger partial charge on any atom is 0.234 e. The standard InChI is InChI=1S/C21H28N4O3S/c1-27-17-5-6-18(19(11-17)28-2)21-23-16(14-29-21)12-24-7-9-25(10-8-24)13-20(26)22-15-3-4-15/h5-6,11,14-15H,3-4,7-10,12-13H2,1-2H3,(H,22,26). The van der Waals surface area contributed by atoms with Crippen molar-refractivity contribution in [1.29, 1.82) is 0 Å². The number of thiazole rings is 1. The zero-order valence-electron chi connectivity index (χ0n) is 17.0. The lowest BCUT2D eigenvalue weighted by Crippen LogP contribution is -2.49. The third-order valence-corrected chi connectivity index (χ3v) is 6.28. The van der Waals surface area contributed by atoms with Crippen molar-refractivity contribution in [3.63, 3.8) is 0 Å². The van der Waals surface area contributed by atoms with E-state index >= 15 is 0 Å². The van der Waals surface area contributed by atoms with Crippen molar-refractivity contribution in [2.75, 3.05) is 46.9 Å². The van der Waals surface area contributed by atoms with E-state index in [4.69, 9.17) is 14.5 Å². The summed E-state index contributed by atoms with van der Waals surface area (Å²) in [4.78, 5) is 21.4. The van der Waals surface area contributed by atoms with Gasteiger partial charge in [-0.2, -0.15) is 0 Å². The lowest BCUT2D eigenvalue weighted by Gasteiger charge is -2.33. The van der Waals surface area contributed by atoms with E-state index in [-0.39, 0.29) is 5.91 Å². The Labute approximate surface area is 175 Å². The molecule has 1 saturated carbocycles. The van der Waals surface area contributed by atoms with Crippen LogP contribution in [0.25, 0.3) is 10.6 Å². The second kappa shape index (κ2) is 9.11. The molecular formula is C21H28N4O3S. The van der Waals surface area contributed by atoms with Crippen molar-refractivity contribution < 1.29 is 14.3 Å². The zero-order valence-corrected chi connectivity index (χ0v) is 17.8. The molecule has 4 rings (SSSR count). The molecular weight excluding hydrogens is 388 g/mol. The van der Waals surface area contributed by atoms with Crippen LogP contribution >= 0.6 is 11.3 Å². The van der Waals surface area contributed by atoms with Crippen LogP contribution in [0.1, 0.15) is 18.5 Å². The van der Waals surface area contributed by atoms with Gasteiger partial charge in [-0.3, -0.25) is 14.6 Å². The highest BCUT2D eigenvalue weighted by Gasteiger charge is 2.25. The van der Waals surface area contributed by atoms with E-state index in [1.807, 2.05) is 18.2 Å². The Hall–Kier alpha value is -2.16. The van der Waals surface area contributed by atoms with Gasteiger partial charge in [0.25, 0.3) is 0 Å². The zero-order chi connectivity index (χ0) is 20.2. The van der Waals surface area contributed by atoms with Crippen LogP contribution in [-0.4, -0.2) is 73.7 Å². The summed E-state index contributed by atoms with van der Waals surface area (Å²) in [5, 5.41) is 6.14. The minimum Gasteiger partial charge on any atom is -0.497 e. The molecule has 156 valence electrons. The smallest absolute Gasteiger partial charge is 0.234 e. The molecule has 0 bridgehead atoms. The molecule has 1 aromatic carbocycles. The van der Waals surface area contributed by atoms with Crippen molar-refractivity contribution in [3.8, 4) is 22.1 Å². The summed E-state index contributed by atoms with van der Waals surface area (Å²) in [5.74, 6) is 1.70. The van der Waals surface area contributed by atoms with Gasteiger partial charge >= 0.3 is 0 Å². The van der Waals surface area contributed by atoms with Gasteiger partial charge in [-0.25, -0.2) is 4.98 Å². The number of piperazine rings is 1. The van der Waals surface area contributed by atoms with Crippen LogP contribution in [0.5, 0.6) is 11.5 Å². The van der Waals surface area contributed by atoms with Crippen molar-refractivity contribution in [1.82, 2.24) is 20.1 Å². The molecule has 0 spiro atoms. The fourth-order valence-electron chi connectivity index (χ4n) is 3.52. The summed E-state index contributed by atoms with van der Waals surface area (Å²) in [6.07, 6.45) is 2.27. The summed E-state index contributed by atoms with van der Waals surface area (Å²) in [6, 6.07) is 6.24. The Bertz CT molecular complexity index is 844. The maximum atomic E-state index is 12.0. The van der Waals surface area contributed by atoms with Crippen molar-refractivity contribution >= 4 is 17.2 Å². The Morgan fingerprint density at radius 2 is 1.93 bits per heavy atom. The topological polar surface area (TPSA) is 66.9 Å². The second-order valence-corrected chi connectivity index (χ2v) is 8.46. The van der Waals surface area contributed by atoms with Gasteiger partial charge in [0.05, 0.1) is 32.0 Å². The molecule has 0 radical (unpaired) electrons. The van der Waals surface area contributed by atoms with Gasteiger partial charge in [0.2, 0.25) is 5.91 Å². The molecule has 1 N–H and O–H groups in total. The Morgan fingerprint density at radius 3 is 2.62 bits per heavy atom. The van der Waals surface area contributed by atoms with E-state index < -0.39 is 0 Å². The number of rotatable bonds is 8. The van der Waals surface area contributed by atoms with Gasteiger partial charge < -0.3 is 14.8 Å². The third kappa shape index (κ3) is 5.26. The summed E-state index contributed by atoms with van der Waals surface area (Å²) in [7, 11) is 3.31. The molecule has 29 heavy (non-hydrogen) atoms. The minimum absolute atomic E-state index is 0.165. The van der Waals surface area contributed by atoms with E-state index in [0.717, 1.165) is 73.3 Å². The highest BCUT2D eigenvalue weighted by atomic mass is 32.1. The van der Waals surface area contributed by atoms with E-state index in [0.29, 0.717) is 12.6 Å². The highest BCUT2D eigenvalue weighted by Crippen LogP contribution is 2.35. The van der Waals surface area contributed by atoms with Gasteiger partial charge in [0.1, 0.15) is 16.5 Å². The molecule has 1 saturated heterocycles. The SMILES string of the molecule is COc1ccc(-c2nc(CN3CCN(CC(=O)NC4CC4)CC3)cs2)c(OC)c1. The molecule has 1 amide bonds. The van der Waals surface area contributed by atoms with Gasteiger partial charge in [0, 0.05) is 50.2 Å². The van der Waals surface area contributed by atoms with Crippen LogP contribution < -0.4 is 14.8 Å². The molecule has 1 aromatic heterocycles. The van der Waals surface area contributed by atoms with Gasteiger partial charge in [-0.15, -0.1) is 11.3 Å². The molecule has 7 nitrogen and oxygen atoms in total. The van der Waals surface area contributed by atoms with E-state index in [9.17, 15) is 4.79 Å². The monoisotopic (exact) mass is 416 g/mol. The third-order valence-electron chi connectivity index (χ3n) is 5.35. The Balaban J connectivity index is 1.30. The number of amides is 1. The molecule has 8 heteroatoms. The summed E-state index contributed by atoms with van der Waals surface area (Å²) >= 11 is 1.63. The minimum atomic E-state index is 0.165. The lowest BCUT2D eigenvalue weighted by molar-refractivity contribution is -0.122. The van der Waals surface area contributed by atoms with Crippen LogP contribution in [-0.2, 0) is 11.3 Å². The molecule has 2 fully saturated rings. The quantitative estimate of drug-likeness (QED) is 0.712. The van der Waals surface area contributed by atoms with Gasteiger partial charge in [0.15, 0.2) is 0 Å². The number of aromatic nitrogens is 1. The number of methoxy groups -OCH3 is 2. The number of nitrogens with zero attached hydrogens (tertiary/aromatic N) is 3. The first-order valence-corrected chi connectivity index (χ1v) is 10.9. The number of hydrogen-bond acceptors (Lipinski definition) is 7. The number of benzene rings is 1. The molecule has 0 atom stereocenters. The normalized spacial score (nSPS) is 17.9. The number of hydrogen-bond donors (Lipinski definition) is 1. The van der Waals surface area contributed by atoms with Gasteiger partial charge in [-0.05, 0) is 25.0 Å². The fraction of sp³-hybridized carbons (Fsp3) is 0.524. The Morgan fingerprint density at radius 1 is 1.17 bits per heavy atom. The van der Waals surface area contributed by atoms with E-state index in [1.165, 1.54) is 0 Å². The average Bonchev–Trinajstić information content (AvgIpc) is 3.43. The summed E-state index contributed by atoms with van der Waals surface area (Å²) < 4.78 is 10.8. The maximum absolute atomic E-state index is 12.0. The molecule has 2 aromatic rings. The first-order chi connectivity index (χ1) is 14.1. The number of carbonyl (C=O) groups excluding carboxylic acids is 1. The van der Waals surface area contributed by atoms with Crippen LogP contribution in [0, 0.1) is 0 Å². The number of carbonyl (C=O) groups is 1. The van der Waals surface area contributed by atoms with Crippen molar-refractivity contribution in [2.24, 2.45) is 0 Å². The first-order valence-electron chi connectivity index (χ1n) is 10.1. The first kappa shape index (κ1) is 20.1. The second-order valence-electron chi connectivity index (χ2n) is 7.60. The average molecular weight is 417 g/mol. The summed E-state index contributed by atoms with van der Waals surface area (Å²) in [5.41, 5.74) is 2.05. The predicted molar refractivity (Wildman–Crippen MR) is 114 cm³/mol. The van der Waals surface area contributed by atoms with Gasteiger partial charge in [-0.1, -0.05) is 0 Å². The van der Waals surface area contributed by atoms with Crippen molar-refractivity contribution in [2.45, 2.75) is 25.4 Å². The fourth-order valence-corrected chi connectivity index (χ4v) is 4.36. The van der Waals surface area contributed by atoms with Crippen LogP contribution in [0.2, 0.25) is 0 Å². The molecule has 0 unspecified atom stereocenters. The van der Waals surface area contributed by atoms with Crippen LogP contribution in [0.4, 0.5) is 0 Å². The molecule has 2 heterocycles. The highest BCUT2D eigenvalue weighted by molar-refractivity contribution is 7.13. The van der Waals surface area contributed by atoms with Crippen LogP contribution in [0.15, 0.2) is 23.6 Å². The predicted octanol–water partition coefficient (Wildman–Crippen LogP) is 2.22. The van der Waals surface area contributed by atoms with Crippen LogP contribution in [0.3, 0.4) is 0 Å². The Kier molecular flexibility index (Phi) is 6.32.